The molecule has 3 rings (SSSR count). The molecule has 0 aliphatic rings. The van der Waals surface area contributed by atoms with Gasteiger partial charge in [-0.15, -0.1) is 0 Å². The molecule has 1 N–H and O–H groups in total. The standard InChI is InChI=1S/C22H23N3O3/c1-25-19(12-13-24-25)15-23-22(26)11-9-17-8-10-21(27-2)18(14-17)16-28-20-6-4-3-5-7-20/h3-14H,15-16H2,1-2H3,(H,23,26)/b11-9+. The summed E-state index contributed by atoms with van der Waals surface area (Å²) in [4.78, 5) is 12.1. The van der Waals surface area contributed by atoms with Gasteiger partial charge >= 0.3 is 0 Å². The van der Waals surface area contributed by atoms with Crippen molar-refractivity contribution in [1.82, 2.24) is 15.1 Å². The second-order valence-corrected chi connectivity index (χ2v) is 6.17. The number of ether oxygens (including phenoxy) is 2. The highest BCUT2D eigenvalue weighted by Gasteiger charge is 2.06. The Kier molecular flexibility index (Phi) is 6.46. The minimum Gasteiger partial charge on any atom is -0.496 e. The second kappa shape index (κ2) is 9.41. The van der Waals surface area contributed by atoms with Gasteiger partial charge in [0.1, 0.15) is 18.1 Å². The number of carbonyl (C=O) groups excluding carboxylic acids is 1. The Labute approximate surface area is 164 Å². The van der Waals surface area contributed by atoms with E-state index in [0.29, 0.717) is 13.2 Å². The largest absolute Gasteiger partial charge is 0.496 e. The normalized spacial score (nSPS) is 10.8. The molecule has 0 saturated carbocycles. The molecule has 0 aliphatic carbocycles. The quantitative estimate of drug-likeness (QED) is 0.612. The lowest BCUT2D eigenvalue weighted by molar-refractivity contribution is -0.116. The molecule has 0 aliphatic heterocycles. The van der Waals surface area contributed by atoms with E-state index in [0.717, 1.165) is 28.3 Å². The predicted molar refractivity (Wildman–Crippen MR) is 108 cm³/mol. The summed E-state index contributed by atoms with van der Waals surface area (Å²) in [6.07, 6.45) is 4.98. The molecule has 1 heterocycles. The van der Waals surface area contributed by atoms with Crippen LogP contribution in [0.3, 0.4) is 0 Å². The molecule has 0 atom stereocenters. The van der Waals surface area contributed by atoms with E-state index in [1.54, 1.807) is 24.1 Å². The summed E-state index contributed by atoms with van der Waals surface area (Å²) in [6, 6.07) is 17.2. The molecule has 0 saturated heterocycles. The molecule has 3 aromatic rings. The lowest BCUT2D eigenvalue weighted by Gasteiger charge is -2.11. The summed E-state index contributed by atoms with van der Waals surface area (Å²) < 4.78 is 13.0. The van der Waals surface area contributed by atoms with Crippen molar-refractivity contribution in [2.75, 3.05) is 7.11 Å². The molecule has 1 aromatic heterocycles. The first-order valence-electron chi connectivity index (χ1n) is 8.93. The van der Waals surface area contributed by atoms with Crippen LogP contribution < -0.4 is 14.8 Å². The minimum absolute atomic E-state index is 0.167. The number of aromatic nitrogens is 2. The number of carbonyl (C=O) groups is 1. The lowest BCUT2D eigenvalue weighted by Crippen LogP contribution is -2.21. The van der Waals surface area contributed by atoms with E-state index in [9.17, 15) is 4.79 Å². The van der Waals surface area contributed by atoms with E-state index in [2.05, 4.69) is 10.4 Å². The van der Waals surface area contributed by atoms with Gasteiger partial charge in [-0.2, -0.15) is 5.10 Å². The SMILES string of the molecule is COc1ccc(/C=C/C(=O)NCc2ccnn2C)cc1COc1ccccc1. The number of para-hydroxylation sites is 1. The van der Waals surface area contributed by atoms with E-state index in [-0.39, 0.29) is 5.91 Å². The zero-order valence-electron chi connectivity index (χ0n) is 16.0. The number of amides is 1. The van der Waals surface area contributed by atoms with Gasteiger partial charge in [-0.1, -0.05) is 24.3 Å². The second-order valence-electron chi connectivity index (χ2n) is 6.17. The summed E-state index contributed by atoms with van der Waals surface area (Å²) in [7, 11) is 3.47. The fraction of sp³-hybridized carbons (Fsp3) is 0.182. The van der Waals surface area contributed by atoms with E-state index in [4.69, 9.17) is 9.47 Å². The van der Waals surface area contributed by atoms with Crippen molar-refractivity contribution < 1.29 is 14.3 Å². The molecule has 0 radical (unpaired) electrons. The maximum absolute atomic E-state index is 12.1. The van der Waals surface area contributed by atoms with Gasteiger partial charge < -0.3 is 14.8 Å². The number of nitrogens with zero attached hydrogens (tertiary/aromatic N) is 2. The van der Waals surface area contributed by atoms with Crippen LogP contribution in [0.4, 0.5) is 0 Å². The van der Waals surface area contributed by atoms with Gasteiger partial charge in [0.05, 0.1) is 19.3 Å². The summed E-state index contributed by atoms with van der Waals surface area (Å²) in [5.41, 5.74) is 2.73. The van der Waals surface area contributed by atoms with Crippen LogP contribution in [0.1, 0.15) is 16.8 Å². The maximum Gasteiger partial charge on any atom is 0.244 e. The maximum atomic E-state index is 12.1. The smallest absolute Gasteiger partial charge is 0.244 e. The van der Waals surface area contributed by atoms with Crippen LogP contribution in [0.2, 0.25) is 0 Å². The highest BCUT2D eigenvalue weighted by molar-refractivity contribution is 5.91. The highest BCUT2D eigenvalue weighted by atomic mass is 16.5. The fourth-order valence-corrected chi connectivity index (χ4v) is 2.68. The predicted octanol–water partition coefficient (Wildman–Crippen LogP) is 3.34. The van der Waals surface area contributed by atoms with Crippen molar-refractivity contribution in [3.8, 4) is 11.5 Å². The van der Waals surface area contributed by atoms with Crippen molar-refractivity contribution in [3.05, 3.63) is 83.7 Å². The number of benzene rings is 2. The lowest BCUT2D eigenvalue weighted by atomic mass is 10.1. The first-order chi connectivity index (χ1) is 13.7. The van der Waals surface area contributed by atoms with Gasteiger partial charge in [0.2, 0.25) is 5.91 Å². The summed E-state index contributed by atoms with van der Waals surface area (Å²) in [5, 5.41) is 6.92. The van der Waals surface area contributed by atoms with Crippen LogP contribution in [0.15, 0.2) is 66.9 Å². The number of hydrogen-bond acceptors (Lipinski definition) is 4. The fourth-order valence-electron chi connectivity index (χ4n) is 2.68. The molecule has 28 heavy (non-hydrogen) atoms. The molecule has 0 fully saturated rings. The molecule has 6 nitrogen and oxygen atoms in total. The first-order valence-corrected chi connectivity index (χ1v) is 8.93. The van der Waals surface area contributed by atoms with Crippen LogP contribution in [0.5, 0.6) is 11.5 Å². The van der Waals surface area contributed by atoms with Gasteiger partial charge in [-0.05, 0) is 42.0 Å². The Balaban J connectivity index is 1.62. The summed E-state index contributed by atoms with van der Waals surface area (Å²) in [6.45, 7) is 0.806. The zero-order valence-corrected chi connectivity index (χ0v) is 16.0. The third-order valence-corrected chi connectivity index (χ3v) is 4.24. The highest BCUT2D eigenvalue weighted by Crippen LogP contribution is 2.22. The van der Waals surface area contributed by atoms with E-state index in [1.165, 1.54) is 6.08 Å². The monoisotopic (exact) mass is 377 g/mol. The summed E-state index contributed by atoms with van der Waals surface area (Å²) in [5.74, 6) is 1.37. The van der Waals surface area contributed by atoms with Gasteiger partial charge in [-0.25, -0.2) is 0 Å². The first kappa shape index (κ1) is 19.2. The van der Waals surface area contributed by atoms with Gasteiger partial charge in [0.15, 0.2) is 0 Å². The van der Waals surface area contributed by atoms with Crippen LogP contribution in [0, 0.1) is 0 Å². The average Bonchev–Trinajstić information content (AvgIpc) is 3.14. The van der Waals surface area contributed by atoms with Crippen LogP contribution >= 0.6 is 0 Å². The van der Waals surface area contributed by atoms with Gasteiger partial charge in [0.25, 0.3) is 0 Å². The topological polar surface area (TPSA) is 65.4 Å². The van der Waals surface area contributed by atoms with Crippen molar-refractivity contribution in [2.24, 2.45) is 7.05 Å². The molecular formula is C22H23N3O3. The number of nitrogens with one attached hydrogen (secondary N) is 1. The number of aryl methyl sites for hydroxylation is 1. The zero-order chi connectivity index (χ0) is 19.8. The molecule has 0 bridgehead atoms. The van der Waals surface area contributed by atoms with Crippen LogP contribution in [-0.2, 0) is 25.0 Å². The van der Waals surface area contributed by atoms with Crippen molar-refractivity contribution in [1.29, 1.82) is 0 Å². The molecular weight excluding hydrogens is 354 g/mol. The molecule has 144 valence electrons. The average molecular weight is 377 g/mol. The van der Waals surface area contributed by atoms with Crippen molar-refractivity contribution in [2.45, 2.75) is 13.2 Å². The molecule has 2 aromatic carbocycles. The van der Waals surface area contributed by atoms with Gasteiger partial charge in [-0.3, -0.25) is 9.48 Å². The number of rotatable bonds is 8. The van der Waals surface area contributed by atoms with E-state index >= 15 is 0 Å². The molecule has 0 unspecified atom stereocenters. The molecule has 6 heteroatoms. The van der Waals surface area contributed by atoms with Crippen LogP contribution in [0.25, 0.3) is 6.08 Å². The Morgan fingerprint density at radius 1 is 1.18 bits per heavy atom. The number of methoxy groups -OCH3 is 1. The van der Waals surface area contributed by atoms with Gasteiger partial charge in [0, 0.05) is 24.9 Å². The Morgan fingerprint density at radius 3 is 2.71 bits per heavy atom. The molecule has 1 amide bonds. The summed E-state index contributed by atoms with van der Waals surface area (Å²) >= 11 is 0. The van der Waals surface area contributed by atoms with Crippen molar-refractivity contribution in [3.63, 3.8) is 0 Å². The number of hydrogen-bond donors (Lipinski definition) is 1. The molecule has 0 spiro atoms. The van der Waals surface area contributed by atoms with E-state index in [1.807, 2.05) is 61.6 Å². The van der Waals surface area contributed by atoms with Crippen molar-refractivity contribution >= 4 is 12.0 Å². The van der Waals surface area contributed by atoms with Crippen LogP contribution in [-0.4, -0.2) is 22.8 Å². The third kappa shape index (κ3) is 5.23. The Morgan fingerprint density at radius 2 is 2.00 bits per heavy atom. The Hall–Kier alpha value is -3.54. The van der Waals surface area contributed by atoms with E-state index < -0.39 is 0 Å². The Bertz CT molecular complexity index is 949. The minimum atomic E-state index is -0.167. The third-order valence-electron chi connectivity index (χ3n) is 4.24.